The molecule has 0 aliphatic heterocycles. The van der Waals surface area contributed by atoms with Crippen LogP contribution >= 0.6 is 0 Å². The van der Waals surface area contributed by atoms with Gasteiger partial charge in [-0.3, -0.25) is 4.98 Å². The van der Waals surface area contributed by atoms with Crippen molar-refractivity contribution in [2.45, 2.75) is 6.42 Å². The van der Waals surface area contributed by atoms with Gasteiger partial charge in [-0.05, 0) is 48.5 Å². The fraction of sp³-hybridized carbons (Fsp3) is 0.0909. The van der Waals surface area contributed by atoms with Crippen molar-refractivity contribution in [3.63, 3.8) is 0 Å². The van der Waals surface area contributed by atoms with Gasteiger partial charge in [0.05, 0.1) is 0 Å². The van der Waals surface area contributed by atoms with Crippen LogP contribution < -0.4 is 15.4 Å². The third-order valence-corrected chi connectivity index (χ3v) is 4.07. The SMILES string of the molecule is c1ccc(CCNc2nccnc2Oc2ccc(Nc3ccccn3)cc2)nc1. The van der Waals surface area contributed by atoms with E-state index in [0.717, 1.165) is 23.6 Å². The number of ether oxygens (including phenoxy) is 1. The molecule has 0 aliphatic rings. The lowest BCUT2D eigenvalue weighted by molar-refractivity contribution is 0.462. The Morgan fingerprint density at radius 3 is 2.28 bits per heavy atom. The van der Waals surface area contributed by atoms with Crippen molar-refractivity contribution in [3.05, 3.63) is 91.1 Å². The highest BCUT2D eigenvalue weighted by atomic mass is 16.5. The number of pyridine rings is 2. The van der Waals surface area contributed by atoms with Gasteiger partial charge in [-0.15, -0.1) is 0 Å². The number of benzene rings is 1. The summed E-state index contributed by atoms with van der Waals surface area (Å²) in [6.45, 7) is 0.680. The number of anilines is 3. The van der Waals surface area contributed by atoms with Gasteiger partial charge in [0, 0.05) is 49.1 Å². The maximum Gasteiger partial charge on any atom is 0.262 e. The molecular weight excluding hydrogens is 364 g/mol. The van der Waals surface area contributed by atoms with Gasteiger partial charge >= 0.3 is 0 Å². The Balaban J connectivity index is 1.37. The molecule has 144 valence electrons. The highest BCUT2D eigenvalue weighted by Crippen LogP contribution is 2.26. The summed E-state index contributed by atoms with van der Waals surface area (Å²) in [4.78, 5) is 17.2. The molecule has 0 fully saturated rings. The molecule has 4 rings (SSSR count). The topological polar surface area (TPSA) is 84.9 Å². The van der Waals surface area contributed by atoms with Gasteiger partial charge in [-0.2, -0.15) is 0 Å². The second kappa shape index (κ2) is 9.27. The first-order valence-electron chi connectivity index (χ1n) is 9.27. The predicted octanol–water partition coefficient (Wildman–Crippen LogP) is 4.46. The second-order valence-electron chi connectivity index (χ2n) is 6.17. The Morgan fingerprint density at radius 1 is 0.724 bits per heavy atom. The van der Waals surface area contributed by atoms with Crippen LogP contribution in [-0.2, 0) is 6.42 Å². The van der Waals surface area contributed by atoms with Crippen LogP contribution in [0.15, 0.2) is 85.5 Å². The number of hydrogen-bond donors (Lipinski definition) is 2. The van der Waals surface area contributed by atoms with E-state index in [1.54, 1.807) is 24.8 Å². The van der Waals surface area contributed by atoms with E-state index >= 15 is 0 Å². The number of nitrogens with zero attached hydrogens (tertiary/aromatic N) is 4. The normalized spacial score (nSPS) is 10.3. The van der Waals surface area contributed by atoms with Crippen molar-refractivity contribution in [2.24, 2.45) is 0 Å². The van der Waals surface area contributed by atoms with Gasteiger partial charge in [-0.25, -0.2) is 15.0 Å². The summed E-state index contributed by atoms with van der Waals surface area (Å²) in [6, 6.07) is 19.2. The molecule has 0 atom stereocenters. The van der Waals surface area contributed by atoms with Crippen molar-refractivity contribution in [1.82, 2.24) is 19.9 Å². The van der Waals surface area contributed by atoms with E-state index in [4.69, 9.17) is 4.74 Å². The summed E-state index contributed by atoms with van der Waals surface area (Å²) in [6.07, 6.45) is 7.56. The highest BCUT2D eigenvalue weighted by molar-refractivity contribution is 5.57. The minimum atomic E-state index is 0.430. The van der Waals surface area contributed by atoms with Crippen molar-refractivity contribution in [3.8, 4) is 11.6 Å². The van der Waals surface area contributed by atoms with Gasteiger partial charge in [0.2, 0.25) is 0 Å². The van der Waals surface area contributed by atoms with Crippen molar-refractivity contribution in [2.75, 3.05) is 17.2 Å². The lowest BCUT2D eigenvalue weighted by atomic mass is 10.3. The molecular formula is C22H20N6O. The van der Waals surface area contributed by atoms with Crippen LogP contribution in [0.3, 0.4) is 0 Å². The average molecular weight is 384 g/mol. The average Bonchev–Trinajstić information content (AvgIpc) is 2.78. The molecule has 0 saturated carbocycles. The van der Waals surface area contributed by atoms with Gasteiger partial charge in [0.15, 0.2) is 5.82 Å². The van der Waals surface area contributed by atoms with Crippen molar-refractivity contribution in [1.29, 1.82) is 0 Å². The summed E-state index contributed by atoms with van der Waals surface area (Å²) < 4.78 is 5.92. The first-order chi connectivity index (χ1) is 14.4. The molecule has 7 heteroatoms. The molecule has 7 nitrogen and oxygen atoms in total. The van der Waals surface area contributed by atoms with E-state index in [1.165, 1.54) is 0 Å². The van der Waals surface area contributed by atoms with Crippen LogP contribution in [0.5, 0.6) is 11.6 Å². The smallest absolute Gasteiger partial charge is 0.262 e. The zero-order chi connectivity index (χ0) is 19.7. The molecule has 29 heavy (non-hydrogen) atoms. The Bertz CT molecular complexity index is 1030. The molecule has 0 unspecified atom stereocenters. The van der Waals surface area contributed by atoms with E-state index in [9.17, 15) is 0 Å². The van der Waals surface area contributed by atoms with E-state index in [1.807, 2.05) is 60.7 Å². The third-order valence-electron chi connectivity index (χ3n) is 4.07. The van der Waals surface area contributed by atoms with Crippen LogP contribution in [-0.4, -0.2) is 26.5 Å². The first kappa shape index (κ1) is 18.4. The van der Waals surface area contributed by atoms with Gasteiger partial charge < -0.3 is 15.4 Å². The molecule has 0 aliphatic carbocycles. The number of hydrogen-bond acceptors (Lipinski definition) is 7. The Morgan fingerprint density at radius 2 is 1.52 bits per heavy atom. The van der Waals surface area contributed by atoms with E-state index < -0.39 is 0 Å². The van der Waals surface area contributed by atoms with E-state index in [-0.39, 0.29) is 0 Å². The third kappa shape index (κ3) is 5.26. The van der Waals surface area contributed by atoms with Gasteiger partial charge in [0.25, 0.3) is 5.88 Å². The summed E-state index contributed by atoms with van der Waals surface area (Å²) in [5.41, 5.74) is 1.94. The van der Waals surface area contributed by atoms with Crippen LogP contribution in [0.1, 0.15) is 5.69 Å². The second-order valence-corrected chi connectivity index (χ2v) is 6.17. The minimum Gasteiger partial charge on any atom is -0.436 e. The molecule has 0 saturated heterocycles. The first-order valence-corrected chi connectivity index (χ1v) is 9.27. The molecule has 4 aromatic rings. The Hall–Kier alpha value is -4.00. The molecule has 1 aromatic carbocycles. The number of rotatable bonds is 8. The monoisotopic (exact) mass is 384 g/mol. The van der Waals surface area contributed by atoms with Crippen LogP contribution in [0.4, 0.5) is 17.3 Å². The van der Waals surface area contributed by atoms with E-state index in [0.29, 0.717) is 24.0 Å². The lowest BCUT2D eigenvalue weighted by Crippen LogP contribution is -2.08. The van der Waals surface area contributed by atoms with Crippen molar-refractivity contribution >= 4 is 17.3 Å². The molecule has 2 N–H and O–H groups in total. The zero-order valence-electron chi connectivity index (χ0n) is 15.7. The number of aromatic nitrogens is 4. The molecule has 0 bridgehead atoms. The quantitative estimate of drug-likeness (QED) is 0.464. The highest BCUT2D eigenvalue weighted by Gasteiger charge is 2.08. The van der Waals surface area contributed by atoms with Crippen LogP contribution in [0.2, 0.25) is 0 Å². The summed E-state index contributed by atoms with van der Waals surface area (Å²) in [7, 11) is 0. The molecule has 3 aromatic heterocycles. The fourth-order valence-corrected chi connectivity index (χ4v) is 2.68. The summed E-state index contributed by atoms with van der Waals surface area (Å²) in [5, 5.41) is 6.50. The van der Waals surface area contributed by atoms with E-state index in [2.05, 4.69) is 30.6 Å². The largest absolute Gasteiger partial charge is 0.436 e. The van der Waals surface area contributed by atoms with Gasteiger partial charge in [0.1, 0.15) is 11.6 Å². The molecule has 0 amide bonds. The van der Waals surface area contributed by atoms with Crippen LogP contribution in [0, 0.1) is 0 Å². The minimum absolute atomic E-state index is 0.430. The fourth-order valence-electron chi connectivity index (χ4n) is 2.68. The van der Waals surface area contributed by atoms with Crippen molar-refractivity contribution < 1.29 is 4.74 Å². The molecule has 3 heterocycles. The molecule has 0 spiro atoms. The maximum absolute atomic E-state index is 5.92. The summed E-state index contributed by atoms with van der Waals surface area (Å²) >= 11 is 0. The lowest BCUT2D eigenvalue weighted by Gasteiger charge is -2.11. The predicted molar refractivity (Wildman–Crippen MR) is 112 cm³/mol. The summed E-state index contributed by atoms with van der Waals surface area (Å²) in [5.74, 6) is 2.48. The maximum atomic E-state index is 5.92. The zero-order valence-corrected chi connectivity index (χ0v) is 15.7. The van der Waals surface area contributed by atoms with Crippen LogP contribution in [0.25, 0.3) is 0 Å². The Labute approximate surface area is 168 Å². The Kier molecular flexibility index (Phi) is 5.87. The number of nitrogens with one attached hydrogen (secondary N) is 2. The standard InChI is InChI=1S/C22H20N6O/c1-3-12-23-17(5-1)11-14-25-21-22(27-16-15-26-21)29-19-9-7-18(8-10-19)28-20-6-2-4-13-24-20/h1-10,12-13,15-16H,11,14H2,(H,24,28)(H,25,26). The van der Waals surface area contributed by atoms with Gasteiger partial charge in [-0.1, -0.05) is 12.1 Å². The molecule has 0 radical (unpaired) electrons.